The van der Waals surface area contributed by atoms with Gasteiger partial charge in [-0.25, -0.2) is 8.42 Å². The summed E-state index contributed by atoms with van der Waals surface area (Å²) in [6.45, 7) is 0.326. The summed E-state index contributed by atoms with van der Waals surface area (Å²) in [6.07, 6.45) is 0. The van der Waals surface area contributed by atoms with Crippen LogP contribution in [0.15, 0.2) is 40.6 Å². The minimum absolute atomic E-state index is 0.225. The lowest BCUT2D eigenvalue weighted by Crippen LogP contribution is -2.11. The van der Waals surface area contributed by atoms with Crippen LogP contribution < -0.4 is 10.5 Å². The Bertz CT molecular complexity index is 653. The summed E-state index contributed by atoms with van der Waals surface area (Å²) < 4.78 is 26.8. The normalized spacial score (nSPS) is 11.4. The number of hydrogen-bond acceptors (Lipinski definition) is 4. The Morgan fingerprint density at radius 2 is 1.94 bits per heavy atom. The van der Waals surface area contributed by atoms with Crippen LogP contribution in [-0.2, 0) is 16.6 Å². The number of nitrogens with one attached hydrogen (secondary N) is 1. The minimum Gasteiger partial charge on any atom is -0.326 e. The molecule has 0 bridgehead atoms. The zero-order valence-electron chi connectivity index (χ0n) is 9.26. The van der Waals surface area contributed by atoms with Gasteiger partial charge in [0.2, 0.25) is 0 Å². The third-order valence-electron chi connectivity index (χ3n) is 2.22. The predicted molar refractivity (Wildman–Crippen MR) is 74.5 cm³/mol. The third-order valence-corrected chi connectivity index (χ3v) is 5.52. The van der Waals surface area contributed by atoms with Crippen LogP contribution >= 0.6 is 22.9 Å². The van der Waals surface area contributed by atoms with Gasteiger partial charge in [0.05, 0.1) is 10.7 Å². The number of benzene rings is 1. The highest BCUT2D eigenvalue weighted by Crippen LogP contribution is 2.27. The van der Waals surface area contributed by atoms with Crippen LogP contribution in [-0.4, -0.2) is 8.42 Å². The van der Waals surface area contributed by atoms with Crippen molar-refractivity contribution in [2.24, 2.45) is 5.73 Å². The van der Waals surface area contributed by atoms with Gasteiger partial charge in [0, 0.05) is 11.4 Å². The summed E-state index contributed by atoms with van der Waals surface area (Å²) in [5.74, 6) is 0. The molecule has 0 saturated heterocycles. The lowest BCUT2D eigenvalue weighted by molar-refractivity contribution is 0.603. The van der Waals surface area contributed by atoms with Crippen molar-refractivity contribution >= 4 is 38.6 Å². The number of para-hydroxylation sites is 1. The smallest absolute Gasteiger partial charge is 0.271 e. The zero-order chi connectivity index (χ0) is 13.2. The second-order valence-corrected chi connectivity index (χ2v) is 6.99. The first-order chi connectivity index (χ1) is 8.53. The van der Waals surface area contributed by atoms with Crippen molar-refractivity contribution in [3.8, 4) is 0 Å². The second kappa shape index (κ2) is 5.27. The van der Waals surface area contributed by atoms with E-state index in [2.05, 4.69) is 4.72 Å². The van der Waals surface area contributed by atoms with E-state index >= 15 is 0 Å². The van der Waals surface area contributed by atoms with Gasteiger partial charge in [-0.3, -0.25) is 4.72 Å². The van der Waals surface area contributed by atoms with Crippen LogP contribution in [0.3, 0.4) is 0 Å². The molecule has 0 aliphatic heterocycles. The Labute approximate surface area is 114 Å². The fourth-order valence-electron chi connectivity index (χ4n) is 1.35. The maximum atomic E-state index is 12.1. The largest absolute Gasteiger partial charge is 0.326 e. The van der Waals surface area contributed by atoms with E-state index < -0.39 is 10.0 Å². The number of hydrogen-bond donors (Lipinski definition) is 2. The van der Waals surface area contributed by atoms with Gasteiger partial charge in [-0.2, -0.15) is 0 Å². The van der Waals surface area contributed by atoms with E-state index in [0.29, 0.717) is 17.3 Å². The molecular formula is C11H11ClN2O2S2. The standard InChI is InChI=1S/C11H11ClN2O2S2/c12-9-3-1-2-4-10(9)14-18(15,16)11-6-5-8(7-13)17-11/h1-6,14H,7,13H2. The summed E-state index contributed by atoms with van der Waals surface area (Å²) >= 11 is 7.05. The van der Waals surface area contributed by atoms with Crippen molar-refractivity contribution in [1.29, 1.82) is 0 Å². The Hall–Kier alpha value is -1.08. The highest BCUT2D eigenvalue weighted by molar-refractivity contribution is 7.94. The third kappa shape index (κ3) is 2.84. The van der Waals surface area contributed by atoms with Crippen LogP contribution in [0.1, 0.15) is 4.88 Å². The first kappa shape index (κ1) is 13.4. The van der Waals surface area contributed by atoms with E-state index in [-0.39, 0.29) is 4.21 Å². The molecule has 0 fully saturated rings. The summed E-state index contributed by atoms with van der Waals surface area (Å²) in [7, 11) is -3.60. The average molecular weight is 303 g/mol. The van der Waals surface area contributed by atoms with Gasteiger partial charge in [-0.1, -0.05) is 23.7 Å². The Balaban J connectivity index is 2.30. The molecule has 2 aromatic rings. The van der Waals surface area contributed by atoms with Crippen molar-refractivity contribution < 1.29 is 8.42 Å². The van der Waals surface area contributed by atoms with Crippen molar-refractivity contribution in [3.05, 3.63) is 46.3 Å². The zero-order valence-corrected chi connectivity index (χ0v) is 11.6. The van der Waals surface area contributed by atoms with E-state index in [1.807, 2.05) is 0 Å². The highest BCUT2D eigenvalue weighted by Gasteiger charge is 2.17. The van der Waals surface area contributed by atoms with Gasteiger partial charge in [-0.05, 0) is 24.3 Å². The summed E-state index contributed by atoms with van der Waals surface area (Å²) in [5, 5.41) is 0.358. The molecule has 0 atom stereocenters. The SMILES string of the molecule is NCc1ccc(S(=O)(=O)Nc2ccccc2Cl)s1. The van der Waals surface area contributed by atoms with Crippen LogP contribution in [0.4, 0.5) is 5.69 Å². The predicted octanol–water partition coefficient (Wildman–Crippen LogP) is 2.66. The maximum Gasteiger partial charge on any atom is 0.271 e. The van der Waals surface area contributed by atoms with E-state index in [1.165, 1.54) is 6.07 Å². The quantitative estimate of drug-likeness (QED) is 0.912. The molecule has 4 nitrogen and oxygen atoms in total. The van der Waals surface area contributed by atoms with Crippen molar-refractivity contribution in [3.63, 3.8) is 0 Å². The first-order valence-electron chi connectivity index (χ1n) is 5.09. The van der Waals surface area contributed by atoms with Crippen molar-refractivity contribution in [1.82, 2.24) is 0 Å². The molecule has 0 spiro atoms. The van der Waals surface area contributed by atoms with Crippen LogP contribution in [0.25, 0.3) is 0 Å². The van der Waals surface area contributed by atoms with Crippen LogP contribution in [0.2, 0.25) is 5.02 Å². The monoisotopic (exact) mass is 302 g/mol. The van der Waals surface area contributed by atoms with E-state index in [9.17, 15) is 8.42 Å². The molecule has 1 aromatic heterocycles. The van der Waals surface area contributed by atoms with Gasteiger partial charge >= 0.3 is 0 Å². The van der Waals surface area contributed by atoms with Crippen LogP contribution in [0, 0.1) is 0 Å². The Morgan fingerprint density at radius 1 is 1.22 bits per heavy atom. The van der Waals surface area contributed by atoms with Crippen LogP contribution in [0.5, 0.6) is 0 Å². The molecule has 0 radical (unpaired) electrons. The number of thiophene rings is 1. The topological polar surface area (TPSA) is 72.2 Å². The molecule has 96 valence electrons. The van der Waals surface area contributed by atoms with Gasteiger partial charge < -0.3 is 5.73 Å². The molecule has 18 heavy (non-hydrogen) atoms. The second-order valence-electron chi connectivity index (χ2n) is 3.51. The molecule has 0 amide bonds. The maximum absolute atomic E-state index is 12.1. The number of rotatable bonds is 4. The molecule has 0 aliphatic carbocycles. The van der Waals surface area contributed by atoms with Gasteiger partial charge in [0.15, 0.2) is 0 Å². The lowest BCUT2D eigenvalue weighted by Gasteiger charge is -2.07. The Morgan fingerprint density at radius 3 is 2.56 bits per heavy atom. The average Bonchev–Trinajstić information content (AvgIpc) is 2.81. The number of halogens is 1. The molecular weight excluding hydrogens is 292 g/mol. The fourth-order valence-corrected chi connectivity index (χ4v) is 3.90. The highest BCUT2D eigenvalue weighted by atomic mass is 35.5. The first-order valence-corrected chi connectivity index (χ1v) is 7.77. The number of sulfonamides is 1. The molecule has 3 N–H and O–H groups in total. The van der Waals surface area contributed by atoms with Crippen molar-refractivity contribution in [2.75, 3.05) is 4.72 Å². The van der Waals surface area contributed by atoms with E-state index in [4.69, 9.17) is 17.3 Å². The van der Waals surface area contributed by atoms with Gasteiger partial charge in [0.1, 0.15) is 4.21 Å². The van der Waals surface area contributed by atoms with E-state index in [0.717, 1.165) is 16.2 Å². The number of anilines is 1. The van der Waals surface area contributed by atoms with Crippen molar-refractivity contribution in [2.45, 2.75) is 10.8 Å². The molecule has 0 aliphatic rings. The molecule has 0 unspecified atom stereocenters. The Kier molecular flexibility index (Phi) is 3.91. The minimum atomic E-state index is -3.60. The molecule has 7 heteroatoms. The molecule has 0 saturated carbocycles. The van der Waals surface area contributed by atoms with Gasteiger partial charge in [-0.15, -0.1) is 11.3 Å². The van der Waals surface area contributed by atoms with E-state index in [1.54, 1.807) is 30.3 Å². The van der Waals surface area contributed by atoms with Gasteiger partial charge in [0.25, 0.3) is 10.0 Å². The molecule has 1 aromatic carbocycles. The number of nitrogens with two attached hydrogens (primary N) is 1. The summed E-state index contributed by atoms with van der Waals surface area (Å²) in [5.41, 5.74) is 5.82. The molecule has 2 rings (SSSR count). The lowest BCUT2D eigenvalue weighted by atomic mass is 10.3. The summed E-state index contributed by atoms with van der Waals surface area (Å²) in [6, 6.07) is 9.91. The molecule has 1 heterocycles. The fraction of sp³-hybridized carbons (Fsp3) is 0.0909. The summed E-state index contributed by atoms with van der Waals surface area (Å²) in [4.78, 5) is 0.814.